The van der Waals surface area contributed by atoms with Crippen LogP contribution in [0.15, 0.2) is 35.1 Å². The van der Waals surface area contributed by atoms with Crippen LogP contribution in [0.25, 0.3) is 0 Å². The fraction of sp³-hybridized carbons (Fsp3) is 0.375. The number of aliphatic hydroxyl groups excluding tert-OH is 1. The van der Waals surface area contributed by atoms with Crippen LogP contribution in [0.5, 0.6) is 11.5 Å². The molecule has 4 nitrogen and oxygen atoms in total. The lowest BCUT2D eigenvalue weighted by Gasteiger charge is -2.16. The number of rotatable bonds is 4. The van der Waals surface area contributed by atoms with Crippen LogP contribution in [-0.2, 0) is 6.42 Å². The van der Waals surface area contributed by atoms with Gasteiger partial charge in [0.25, 0.3) is 0 Å². The molecule has 0 amide bonds. The molecule has 0 fully saturated rings. The molecule has 0 spiro atoms. The number of aliphatic hydroxyl groups is 1. The molecule has 0 saturated heterocycles. The molecule has 0 aliphatic carbocycles. The van der Waals surface area contributed by atoms with E-state index in [-0.39, 0.29) is 6.10 Å². The zero-order valence-electron chi connectivity index (χ0n) is 11.6. The molecule has 3 rings (SSSR count). The van der Waals surface area contributed by atoms with E-state index in [1.807, 2.05) is 26.0 Å². The molecule has 20 heavy (non-hydrogen) atoms. The summed E-state index contributed by atoms with van der Waals surface area (Å²) >= 11 is 0. The first-order valence-electron chi connectivity index (χ1n) is 6.85. The van der Waals surface area contributed by atoms with E-state index in [0.717, 1.165) is 17.7 Å². The Bertz CT molecular complexity index is 589. The number of ether oxygens (including phenoxy) is 2. The first-order chi connectivity index (χ1) is 9.69. The zero-order valence-corrected chi connectivity index (χ0v) is 11.6. The minimum atomic E-state index is -0.778. The molecule has 0 bridgehead atoms. The van der Waals surface area contributed by atoms with Gasteiger partial charge in [-0.1, -0.05) is 0 Å². The Morgan fingerprint density at radius 3 is 3.00 bits per heavy atom. The normalized spacial score (nSPS) is 18.4. The minimum absolute atomic E-state index is 0.167. The average molecular weight is 274 g/mol. The summed E-state index contributed by atoms with van der Waals surface area (Å²) in [5.41, 5.74) is 2.54. The second-order valence-electron chi connectivity index (χ2n) is 5.02. The van der Waals surface area contributed by atoms with E-state index in [2.05, 4.69) is 0 Å². The van der Waals surface area contributed by atoms with Crippen molar-refractivity contribution in [3.05, 3.63) is 47.4 Å². The van der Waals surface area contributed by atoms with Gasteiger partial charge in [-0.25, -0.2) is 0 Å². The van der Waals surface area contributed by atoms with Crippen molar-refractivity contribution in [1.29, 1.82) is 0 Å². The number of furan rings is 1. The molecule has 106 valence electrons. The lowest BCUT2D eigenvalue weighted by atomic mass is 9.99. The highest BCUT2D eigenvalue weighted by Crippen LogP contribution is 2.39. The highest BCUT2D eigenvalue weighted by molar-refractivity contribution is 5.51. The van der Waals surface area contributed by atoms with Gasteiger partial charge < -0.3 is 19.0 Å². The lowest BCUT2D eigenvalue weighted by Crippen LogP contribution is -2.05. The molecule has 2 atom stereocenters. The van der Waals surface area contributed by atoms with E-state index in [1.165, 1.54) is 6.26 Å². The van der Waals surface area contributed by atoms with Crippen molar-refractivity contribution in [2.45, 2.75) is 32.5 Å². The predicted molar refractivity (Wildman–Crippen MR) is 74.2 cm³/mol. The Kier molecular flexibility index (Phi) is 3.40. The van der Waals surface area contributed by atoms with Gasteiger partial charge in [0.05, 0.1) is 19.1 Å². The third-order valence-electron chi connectivity index (χ3n) is 3.48. The summed E-state index contributed by atoms with van der Waals surface area (Å²) < 4.78 is 16.5. The van der Waals surface area contributed by atoms with Crippen LogP contribution in [-0.4, -0.2) is 17.8 Å². The quantitative estimate of drug-likeness (QED) is 0.931. The van der Waals surface area contributed by atoms with Gasteiger partial charge in [0.1, 0.15) is 23.7 Å². The third-order valence-corrected chi connectivity index (χ3v) is 3.48. The van der Waals surface area contributed by atoms with Gasteiger partial charge in [-0.15, -0.1) is 0 Å². The number of fused-ring (bicyclic) bond motifs is 1. The standard InChI is InChI=1S/C16H18O4/c1-3-19-15-7-12-6-10(2)20-14(12)8-13(15)16(17)11-4-5-18-9-11/h4-5,7-10,16-17H,3,6H2,1-2H3. The Labute approximate surface area is 117 Å². The van der Waals surface area contributed by atoms with E-state index in [4.69, 9.17) is 13.9 Å². The van der Waals surface area contributed by atoms with Crippen molar-refractivity contribution in [3.8, 4) is 11.5 Å². The van der Waals surface area contributed by atoms with E-state index < -0.39 is 6.10 Å². The summed E-state index contributed by atoms with van der Waals surface area (Å²) in [7, 11) is 0. The molecule has 1 aromatic carbocycles. The van der Waals surface area contributed by atoms with Crippen molar-refractivity contribution in [2.75, 3.05) is 6.61 Å². The van der Waals surface area contributed by atoms with E-state index in [9.17, 15) is 5.11 Å². The van der Waals surface area contributed by atoms with Crippen molar-refractivity contribution < 1.29 is 19.0 Å². The minimum Gasteiger partial charge on any atom is -0.493 e. The summed E-state index contributed by atoms with van der Waals surface area (Å²) in [5, 5.41) is 10.5. The van der Waals surface area contributed by atoms with Crippen molar-refractivity contribution in [2.24, 2.45) is 0 Å². The van der Waals surface area contributed by atoms with Gasteiger partial charge in [-0.2, -0.15) is 0 Å². The van der Waals surface area contributed by atoms with Crippen LogP contribution in [0.2, 0.25) is 0 Å². The SMILES string of the molecule is CCOc1cc2c(cc1C(O)c1ccoc1)OC(C)C2. The van der Waals surface area contributed by atoms with Crippen LogP contribution < -0.4 is 9.47 Å². The molecule has 1 aliphatic heterocycles. The number of hydrogen-bond acceptors (Lipinski definition) is 4. The highest BCUT2D eigenvalue weighted by Gasteiger charge is 2.25. The van der Waals surface area contributed by atoms with E-state index in [0.29, 0.717) is 23.5 Å². The van der Waals surface area contributed by atoms with Crippen LogP contribution in [0, 0.1) is 0 Å². The Hall–Kier alpha value is -1.94. The van der Waals surface area contributed by atoms with Crippen LogP contribution in [0.4, 0.5) is 0 Å². The maximum Gasteiger partial charge on any atom is 0.125 e. The Morgan fingerprint density at radius 2 is 2.30 bits per heavy atom. The topological polar surface area (TPSA) is 51.8 Å². The molecular formula is C16H18O4. The monoisotopic (exact) mass is 274 g/mol. The smallest absolute Gasteiger partial charge is 0.125 e. The predicted octanol–water partition coefficient (Wildman–Crippen LogP) is 3.08. The van der Waals surface area contributed by atoms with Gasteiger partial charge in [0.15, 0.2) is 0 Å². The second kappa shape index (κ2) is 5.21. The van der Waals surface area contributed by atoms with Crippen molar-refractivity contribution in [1.82, 2.24) is 0 Å². The van der Waals surface area contributed by atoms with E-state index >= 15 is 0 Å². The van der Waals surface area contributed by atoms with Crippen LogP contribution in [0.1, 0.15) is 36.6 Å². The molecule has 1 N–H and O–H groups in total. The molecular weight excluding hydrogens is 256 g/mol. The van der Waals surface area contributed by atoms with Gasteiger partial charge in [0.2, 0.25) is 0 Å². The molecule has 0 saturated carbocycles. The maximum atomic E-state index is 10.5. The molecule has 2 aromatic rings. The van der Waals surface area contributed by atoms with Gasteiger partial charge in [-0.05, 0) is 32.0 Å². The maximum absolute atomic E-state index is 10.5. The molecule has 1 aromatic heterocycles. The van der Waals surface area contributed by atoms with Gasteiger partial charge in [-0.3, -0.25) is 0 Å². The lowest BCUT2D eigenvalue weighted by molar-refractivity contribution is 0.209. The van der Waals surface area contributed by atoms with Gasteiger partial charge in [0, 0.05) is 23.1 Å². The fourth-order valence-electron chi connectivity index (χ4n) is 2.56. The molecule has 0 radical (unpaired) electrons. The molecule has 4 heteroatoms. The van der Waals surface area contributed by atoms with Crippen molar-refractivity contribution in [3.63, 3.8) is 0 Å². The summed E-state index contributed by atoms with van der Waals surface area (Å²) in [6.07, 6.45) is 3.35. The fourth-order valence-corrected chi connectivity index (χ4v) is 2.56. The summed E-state index contributed by atoms with van der Waals surface area (Å²) in [6.45, 7) is 4.52. The first-order valence-corrected chi connectivity index (χ1v) is 6.85. The third kappa shape index (κ3) is 2.27. The number of benzene rings is 1. The summed E-state index contributed by atoms with van der Waals surface area (Å²) in [5.74, 6) is 1.54. The van der Waals surface area contributed by atoms with E-state index in [1.54, 1.807) is 12.3 Å². The van der Waals surface area contributed by atoms with Gasteiger partial charge >= 0.3 is 0 Å². The molecule has 1 aliphatic rings. The average Bonchev–Trinajstić information content (AvgIpc) is 3.05. The molecule has 2 unspecified atom stereocenters. The second-order valence-corrected chi connectivity index (χ2v) is 5.02. The van der Waals surface area contributed by atoms with Crippen LogP contribution >= 0.6 is 0 Å². The number of hydrogen-bond donors (Lipinski definition) is 1. The van der Waals surface area contributed by atoms with Crippen molar-refractivity contribution >= 4 is 0 Å². The Balaban J connectivity index is 2.02. The van der Waals surface area contributed by atoms with Crippen LogP contribution in [0.3, 0.4) is 0 Å². The molecule has 2 heterocycles. The highest BCUT2D eigenvalue weighted by atomic mass is 16.5. The Morgan fingerprint density at radius 1 is 1.45 bits per heavy atom. The zero-order chi connectivity index (χ0) is 14.1. The summed E-state index contributed by atoms with van der Waals surface area (Å²) in [6, 6.07) is 5.60. The largest absolute Gasteiger partial charge is 0.493 e. The first kappa shape index (κ1) is 13.1. The summed E-state index contributed by atoms with van der Waals surface area (Å²) in [4.78, 5) is 0.